The van der Waals surface area contributed by atoms with Gasteiger partial charge in [-0.15, -0.1) is 0 Å². The van der Waals surface area contributed by atoms with Gasteiger partial charge in [0.25, 0.3) is 0 Å². The molecule has 7 rings (SSSR count). The number of carbonyl (C=O) groups excluding carboxylic acids is 1. The Labute approximate surface area is 306 Å². The van der Waals surface area contributed by atoms with Gasteiger partial charge in [0.2, 0.25) is 5.79 Å². The molecule has 8 heteroatoms. The maximum Gasteiger partial charge on any atom is 0.309 e. The Hall–Kier alpha value is -1.84. The molecule has 4 fully saturated rings. The molecule has 6 heterocycles. The molecule has 0 saturated carbocycles. The number of fused-ring (bicyclic) bond motifs is 2. The second-order valence-corrected chi connectivity index (χ2v) is 18.5. The normalized spacial score (nSPS) is 49.4. The lowest BCUT2D eigenvalue weighted by Crippen LogP contribution is -2.60. The molecule has 1 aliphatic carbocycles. The summed E-state index contributed by atoms with van der Waals surface area (Å²) in [5.41, 5.74) is 4.70. The van der Waals surface area contributed by atoms with Crippen molar-refractivity contribution in [1.29, 1.82) is 0 Å². The Morgan fingerprint density at radius 3 is 2.47 bits per heavy atom. The molecular formula is C43H65NO7. The van der Waals surface area contributed by atoms with Gasteiger partial charge in [0.15, 0.2) is 5.79 Å². The minimum Gasteiger partial charge on any atom is -0.458 e. The molecule has 4 saturated heterocycles. The van der Waals surface area contributed by atoms with Gasteiger partial charge in [-0.3, -0.25) is 9.79 Å². The molecule has 13 atom stereocenters. The molecule has 0 amide bonds. The number of ether oxygens (including phenoxy) is 4. The minimum atomic E-state index is -1.12. The molecule has 0 aromatic rings. The third-order valence-electron chi connectivity index (χ3n) is 14.6. The van der Waals surface area contributed by atoms with E-state index in [4.69, 9.17) is 23.9 Å². The van der Waals surface area contributed by atoms with Crippen LogP contribution in [0.1, 0.15) is 138 Å². The van der Waals surface area contributed by atoms with Crippen LogP contribution >= 0.6 is 0 Å². The summed E-state index contributed by atoms with van der Waals surface area (Å²) < 4.78 is 26.4. The number of carbonyl (C=O) groups is 1. The van der Waals surface area contributed by atoms with Crippen LogP contribution in [0.2, 0.25) is 0 Å². The fourth-order valence-electron chi connectivity index (χ4n) is 11.1. The molecule has 0 aromatic carbocycles. The molecule has 4 bridgehead atoms. The number of hydrogen-bond donors (Lipinski definition) is 2. The number of aliphatic hydroxyl groups excluding tert-OH is 1. The van der Waals surface area contributed by atoms with Crippen LogP contribution in [0.15, 0.2) is 39.9 Å². The average molecular weight is 708 g/mol. The van der Waals surface area contributed by atoms with Crippen molar-refractivity contribution < 1.29 is 34.0 Å². The molecule has 284 valence electrons. The average Bonchev–Trinajstić information content (AvgIpc) is 3.67. The smallest absolute Gasteiger partial charge is 0.309 e. The van der Waals surface area contributed by atoms with E-state index in [2.05, 4.69) is 47.3 Å². The van der Waals surface area contributed by atoms with Crippen LogP contribution in [0.25, 0.3) is 0 Å². The summed E-state index contributed by atoms with van der Waals surface area (Å²) in [6.07, 6.45) is 12.2. The molecule has 8 nitrogen and oxygen atoms in total. The van der Waals surface area contributed by atoms with Crippen molar-refractivity contribution >= 4 is 11.7 Å². The highest BCUT2D eigenvalue weighted by Gasteiger charge is 2.64. The van der Waals surface area contributed by atoms with E-state index in [1.165, 1.54) is 22.4 Å². The molecule has 3 spiro atoms. The molecular weight excluding hydrogens is 642 g/mol. The molecule has 0 radical (unpaired) electrons. The van der Waals surface area contributed by atoms with Crippen LogP contribution < -0.4 is 0 Å². The van der Waals surface area contributed by atoms with Gasteiger partial charge < -0.3 is 29.2 Å². The van der Waals surface area contributed by atoms with Gasteiger partial charge in [0.05, 0.1) is 24.2 Å². The number of aliphatic imine (C=N–C) groups is 1. The van der Waals surface area contributed by atoms with Gasteiger partial charge in [-0.1, -0.05) is 51.5 Å². The van der Waals surface area contributed by atoms with E-state index < -0.39 is 23.3 Å². The summed E-state index contributed by atoms with van der Waals surface area (Å²) in [5, 5.41) is 23.6. The zero-order valence-electron chi connectivity index (χ0n) is 32.5. The summed E-state index contributed by atoms with van der Waals surface area (Å²) >= 11 is 0. The summed E-state index contributed by atoms with van der Waals surface area (Å²) in [7, 11) is 0. The number of aliphatic hydroxyl groups is 2. The molecule has 13 unspecified atom stereocenters. The van der Waals surface area contributed by atoms with Gasteiger partial charge >= 0.3 is 5.97 Å². The van der Waals surface area contributed by atoms with E-state index in [1.807, 2.05) is 13.8 Å². The van der Waals surface area contributed by atoms with Crippen molar-refractivity contribution in [1.82, 2.24) is 0 Å². The monoisotopic (exact) mass is 707 g/mol. The second-order valence-electron chi connectivity index (χ2n) is 18.5. The third-order valence-corrected chi connectivity index (χ3v) is 14.6. The molecule has 7 aliphatic rings. The number of rotatable bonds is 1. The van der Waals surface area contributed by atoms with Gasteiger partial charge in [0, 0.05) is 55.7 Å². The largest absolute Gasteiger partial charge is 0.458 e. The second kappa shape index (κ2) is 13.8. The van der Waals surface area contributed by atoms with Crippen molar-refractivity contribution in [3.63, 3.8) is 0 Å². The Kier molecular flexibility index (Phi) is 10.1. The predicted molar refractivity (Wildman–Crippen MR) is 198 cm³/mol. The molecule has 6 aliphatic heterocycles. The van der Waals surface area contributed by atoms with Gasteiger partial charge in [-0.05, 0) is 107 Å². The summed E-state index contributed by atoms with van der Waals surface area (Å²) in [4.78, 5) is 18.1. The standard InChI is InChI=1S/C43H65NO7/c1-25-10-9-11-38-41(22-28(4)30(6)24-44-38)15-13-33(37-20-27(3)39(46)48-37)31(7)34(41)19-26(2)35(45)21-36-29(5)23-42(50-36)16-17-43(51-42)40(8,47)14-12-32(18-25)49-43/h19,27-30,32,34-37,45,47H,1,9-18,20-24H2,2-8H3/b26-19+. The Balaban J connectivity index is 1.27. The first-order valence-electron chi connectivity index (χ1n) is 20.3. The van der Waals surface area contributed by atoms with Crippen molar-refractivity contribution in [2.45, 2.75) is 180 Å². The van der Waals surface area contributed by atoms with E-state index in [0.29, 0.717) is 43.9 Å². The van der Waals surface area contributed by atoms with Crippen LogP contribution in [0.5, 0.6) is 0 Å². The number of cyclic esters (lactones) is 1. The van der Waals surface area contributed by atoms with E-state index in [9.17, 15) is 15.0 Å². The fraction of sp³-hybridized carbons (Fsp3) is 0.814. The topological polar surface area (TPSA) is 107 Å². The highest BCUT2D eigenvalue weighted by atomic mass is 16.8. The van der Waals surface area contributed by atoms with Crippen LogP contribution in [0.3, 0.4) is 0 Å². The van der Waals surface area contributed by atoms with Crippen molar-refractivity contribution in [2.75, 3.05) is 6.54 Å². The number of hydrogen-bond acceptors (Lipinski definition) is 8. The highest BCUT2D eigenvalue weighted by molar-refractivity contribution is 5.92. The number of allylic oxidation sites excluding steroid dienone is 2. The van der Waals surface area contributed by atoms with Gasteiger partial charge in [0.1, 0.15) is 11.7 Å². The third kappa shape index (κ3) is 6.77. The lowest BCUT2D eigenvalue weighted by Gasteiger charge is -2.49. The fourth-order valence-corrected chi connectivity index (χ4v) is 11.1. The highest BCUT2D eigenvalue weighted by Crippen LogP contribution is 2.57. The van der Waals surface area contributed by atoms with Gasteiger partial charge in [-0.2, -0.15) is 0 Å². The summed E-state index contributed by atoms with van der Waals surface area (Å²) in [6, 6.07) is 0. The Bertz CT molecular complexity index is 1480. The predicted octanol–water partition coefficient (Wildman–Crippen LogP) is 8.15. The van der Waals surface area contributed by atoms with E-state index in [-0.39, 0.29) is 47.4 Å². The quantitative estimate of drug-likeness (QED) is 0.209. The van der Waals surface area contributed by atoms with Crippen LogP contribution in [0.4, 0.5) is 0 Å². The molecule has 51 heavy (non-hydrogen) atoms. The first kappa shape index (κ1) is 37.5. The van der Waals surface area contributed by atoms with E-state index in [1.54, 1.807) is 0 Å². The molecule has 2 N–H and O–H groups in total. The van der Waals surface area contributed by atoms with Crippen molar-refractivity contribution in [3.05, 3.63) is 34.9 Å². The van der Waals surface area contributed by atoms with E-state index in [0.717, 1.165) is 69.9 Å². The SMILES string of the molecule is C=C1CCCC2=NCC(C)C(C)CC23CCC(C2CC(C)C(=O)O2)=C(C)C3/C=C(\C)C(O)CC2OC3(CCC4(OC(CCC4(C)O)C1)O3)CC2C. The minimum absolute atomic E-state index is 0.0449. The maximum atomic E-state index is 12.6. The van der Waals surface area contributed by atoms with Crippen LogP contribution in [-0.4, -0.2) is 70.0 Å². The van der Waals surface area contributed by atoms with Crippen LogP contribution in [0, 0.1) is 35.0 Å². The zero-order valence-corrected chi connectivity index (χ0v) is 32.5. The number of esters is 1. The lowest BCUT2D eigenvalue weighted by molar-refractivity contribution is -0.387. The Morgan fingerprint density at radius 2 is 1.73 bits per heavy atom. The van der Waals surface area contributed by atoms with Gasteiger partial charge in [-0.25, -0.2) is 0 Å². The summed E-state index contributed by atoms with van der Waals surface area (Å²) in [5.74, 6) is -0.927. The number of nitrogens with zero attached hydrogens (tertiary/aromatic N) is 1. The zero-order chi connectivity index (χ0) is 36.5. The van der Waals surface area contributed by atoms with E-state index >= 15 is 0 Å². The maximum absolute atomic E-state index is 12.6. The van der Waals surface area contributed by atoms with Crippen LogP contribution in [-0.2, 0) is 23.7 Å². The Morgan fingerprint density at radius 1 is 0.941 bits per heavy atom. The first-order chi connectivity index (χ1) is 24.1. The lowest BCUT2D eigenvalue weighted by atomic mass is 9.56. The van der Waals surface area contributed by atoms with Crippen molar-refractivity contribution in [2.24, 2.45) is 40.0 Å². The van der Waals surface area contributed by atoms with Crippen molar-refractivity contribution in [3.8, 4) is 0 Å². The first-order valence-corrected chi connectivity index (χ1v) is 20.3. The molecule has 0 aromatic heterocycles. The summed E-state index contributed by atoms with van der Waals surface area (Å²) in [6.45, 7) is 20.5.